The molecule has 21 heavy (non-hydrogen) atoms. The molecule has 5 heteroatoms. The number of hydrogen-bond acceptors (Lipinski definition) is 4. The van der Waals surface area contributed by atoms with Crippen LogP contribution in [0.5, 0.6) is 0 Å². The van der Waals surface area contributed by atoms with Gasteiger partial charge in [-0.15, -0.1) is 0 Å². The van der Waals surface area contributed by atoms with E-state index in [0.717, 1.165) is 40.8 Å². The van der Waals surface area contributed by atoms with Gasteiger partial charge in [0.2, 0.25) is 0 Å². The Labute approximate surface area is 134 Å². The van der Waals surface area contributed by atoms with E-state index < -0.39 is 0 Å². The average Bonchev–Trinajstić information content (AvgIpc) is 3.27. The van der Waals surface area contributed by atoms with Crippen molar-refractivity contribution in [3.8, 4) is 0 Å². The van der Waals surface area contributed by atoms with Crippen molar-refractivity contribution in [2.24, 2.45) is 5.92 Å². The summed E-state index contributed by atoms with van der Waals surface area (Å²) in [5.74, 6) is 3.39. The van der Waals surface area contributed by atoms with Crippen LogP contribution < -0.4 is 5.32 Å². The molecule has 2 bridgehead atoms. The average molecular weight is 351 g/mol. The van der Waals surface area contributed by atoms with Crippen LogP contribution in [0.15, 0.2) is 10.7 Å². The van der Waals surface area contributed by atoms with Gasteiger partial charge in [0.25, 0.3) is 0 Å². The fourth-order valence-electron chi connectivity index (χ4n) is 3.99. The Morgan fingerprint density at radius 1 is 1.19 bits per heavy atom. The van der Waals surface area contributed by atoms with Crippen LogP contribution in [0.2, 0.25) is 0 Å². The molecule has 3 aliphatic rings. The van der Waals surface area contributed by atoms with Crippen molar-refractivity contribution in [3.63, 3.8) is 0 Å². The van der Waals surface area contributed by atoms with E-state index in [1.807, 2.05) is 6.07 Å². The highest BCUT2D eigenvalue weighted by atomic mass is 79.9. The van der Waals surface area contributed by atoms with Crippen LogP contribution in [0.1, 0.15) is 50.3 Å². The fourth-order valence-corrected chi connectivity index (χ4v) is 4.39. The van der Waals surface area contributed by atoms with E-state index in [0.29, 0.717) is 5.92 Å². The van der Waals surface area contributed by atoms with E-state index in [1.165, 1.54) is 38.5 Å². The minimum Gasteiger partial charge on any atom is -0.370 e. The van der Waals surface area contributed by atoms with Gasteiger partial charge in [0.05, 0.1) is 0 Å². The summed E-state index contributed by atoms with van der Waals surface area (Å²) in [7, 11) is 2.30. The number of aromatic nitrogens is 2. The highest BCUT2D eigenvalue weighted by molar-refractivity contribution is 9.10. The molecule has 3 fully saturated rings. The molecule has 4 nitrogen and oxygen atoms in total. The van der Waals surface area contributed by atoms with Crippen LogP contribution in [0.4, 0.5) is 5.82 Å². The lowest BCUT2D eigenvalue weighted by Gasteiger charge is -2.36. The monoisotopic (exact) mass is 350 g/mol. The van der Waals surface area contributed by atoms with Crippen LogP contribution >= 0.6 is 15.9 Å². The molecule has 1 aromatic heterocycles. The minimum atomic E-state index is 0.599. The molecule has 2 saturated heterocycles. The van der Waals surface area contributed by atoms with E-state index in [2.05, 4.69) is 43.2 Å². The number of nitrogens with one attached hydrogen (secondary N) is 1. The predicted molar refractivity (Wildman–Crippen MR) is 87.5 cm³/mol. The summed E-state index contributed by atoms with van der Waals surface area (Å²) >= 11 is 3.51. The summed E-state index contributed by atoms with van der Waals surface area (Å²) in [6, 6.07) is 3.64. The molecule has 1 N–H and O–H groups in total. The van der Waals surface area contributed by atoms with Crippen molar-refractivity contribution in [1.82, 2.24) is 14.9 Å². The quantitative estimate of drug-likeness (QED) is 0.845. The Morgan fingerprint density at radius 3 is 2.57 bits per heavy atom. The van der Waals surface area contributed by atoms with E-state index in [4.69, 9.17) is 0 Å². The van der Waals surface area contributed by atoms with Gasteiger partial charge in [-0.05, 0) is 67.4 Å². The summed E-state index contributed by atoms with van der Waals surface area (Å²) in [4.78, 5) is 11.8. The molecule has 1 aliphatic carbocycles. The lowest BCUT2D eigenvalue weighted by atomic mass is 9.91. The van der Waals surface area contributed by atoms with Crippen molar-refractivity contribution >= 4 is 21.7 Å². The molecule has 1 aromatic rings. The van der Waals surface area contributed by atoms with Crippen LogP contribution in [0, 0.1) is 5.92 Å². The standard InChI is InChI=1S/C16H23BrN4/c1-21-12-4-5-13(21)7-10(6-12)9-18-15-8-14(17)19-16(20-15)11-2-3-11/h8,10-13H,2-7,9H2,1H3,(H,18,19,20). The molecular weight excluding hydrogens is 328 g/mol. The minimum absolute atomic E-state index is 0.599. The lowest BCUT2D eigenvalue weighted by molar-refractivity contribution is 0.139. The second-order valence-corrected chi connectivity index (χ2v) is 7.79. The van der Waals surface area contributed by atoms with Gasteiger partial charge >= 0.3 is 0 Å². The lowest BCUT2D eigenvalue weighted by Crippen LogP contribution is -2.41. The number of piperidine rings is 1. The largest absolute Gasteiger partial charge is 0.370 e. The van der Waals surface area contributed by atoms with Gasteiger partial charge in [0, 0.05) is 30.6 Å². The Hall–Kier alpha value is -0.680. The number of hydrogen-bond donors (Lipinski definition) is 1. The van der Waals surface area contributed by atoms with Crippen LogP contribution in [0.3, 0.4) is 0 Å². The number of anilines is 1. The third-order valence-corrected chi connectivity index (χ3v) is 5.83. The van der Waals surface area contributed by atoms with Gasteiger partial charge in [-0.1, -0.05) is 0 Å². The van der Waals surface area contributed by atoms with Gasteiger partial charge in [-0.25, -0.2) is 9.97 Å². The summed E-state index contributed by atoms with van der Waals surface area (Å²) in [5, 5.41) is 3.56. The summed E-state index contributed by atoms with van der Waals surface area (Å²) in [5.41, 5.74) is 0. The van der Waals surface area contributed by atoms with Crippen molar-refractivity contribution in [1.29, 1.82) is 0 Å². The SMILES string of the molecule is CN1C2CCC1CC(CNc1cc(Br)nc(C3CC3)n1)C2. The molecule has 0 radical (unpaired) electrons. The zero-order chi connectivity index (χ0) is 14.4. The first kappa shape index (κ1) is 13.9. The molecule has 4 rings (SSSR count). The molecule has 2 atom stereocenters. The third-order valence-electron chi connectivity index (χ3n) is 5.42. The maximum absolute atomic E-state index is 4.69. The third kappa shape index (κ3) is 2.95. The van der Waals surface area contributed by atoms with E-state index >= 15 is 0 Å². The highest BCUT2D eigenvalue weighted by Gasteiger charge is 2.38. The zero-order valence-electron chi connectivity index (χ0n) is 12.6. The molecule has 2 aliphatic heterocycles. The van der Waals surface area contributed by atoms with E-state index in [9.17, 15) is 0 Å². The Morgan fingerprint density at radius 2 is 1.90 bits per heavy atom. The van der Waals surface area contributed by atoms with Crippen molar-refractivity contribution in [3.05, 3.63) is 16.5 Å². The number of halogens is 1. The summed E-state index contributed by atoms with van der Waals surface area (Å²) in [6.07, 6.45) is 7.94. The summed E-state index contributed by atoms with van der Waals surface area (Å²) < 4.78 is 0.908. The molecule has 114 valence electrons. The van der Waals surface area contributed by atoms with Gasteiger partial charge in [-0.2, -0.15) is 0 Å². The van der Waals surface area contributed by atoms with E-state index in [1.54, 1.807) is 0 Å². The fraction of sp³-hybridized carbons (Fsp3) is 0.750. The van der Waals surface area contributed by atoms with E-state index in [-0.39, 0.29) is 0 Å². The van der Waals surface area contributed by atoms with Gasteiger partial charge in [0.1, 0.15) is 16.2 Å². The maximum Gasteiger partial charge on any atom is 0.135 e. The van der Waals surface area contributed by atoms with Crippen molar-refractivity contribution in [2.75, 3.05) is 18.9 Å². The molecule has 3 heterocycles. The first-order chi connectivity index (χ1) is 10.2. The zero-order valence-corrected chi connectivity index (χ0v) is 14.1. The first-order valence-electron chi connectivity index (χ1n) is 8.19. The molecule has 1 saturated carbocycles. The maximum atomic E-state index is 4.69. The van der Waals surface area contributed by atoms with Crippen LogP contribution in [-0.2, 0) is 0 Å². The normalized spacial score (nSPS) is 32.4. The van der Waals surface area contributed by atoms with Gasteiger partial charge in [-0.3, -0.25) is 0 Å². The first-order valence-corrected chi connectivity index (χ1v) is 8.98. The second-order valence-electron chi connectivity index (χ2n) is 6.98. The molecule has 0 aromatic carbocycles. The van der Waals surface area contributed by atoms with Crippen molar-refractivity contribution < 1.29 is 0 Å². The molecular formula is C16H23BrN4. The Bertz CT molecular complexity index is 517. The highest BCUT2D eigenvalue weighted by Crippen LogP contribution is 2.39. The van der Waals surface area contributed by atoms with Gasteiger partial charge < -0.3 is 10.2 Å². The smallest absolute Gasteiger partial charge is 0.135 e. The van der Waals surface area contributed by atoms with Crippen LogP contribution in [-0.4, -0.2) is 40.5 Å². The molecule has 0 spiro atoms. The van der Waals surface area contributed by atoms with Gasteiger partial charge in [0.15, 0.2) is 0 Å². The Kier molecular flexibility index (Phi) is 3.66. The summed E-state index contributed by atoms with van der Waals surface area (Å²) in [6.45, 7) is 1.05. The molecule has 0 amide bonds. The number of rotatable bonds is 4. The number of fused-ring (bicyclic) bond motifs is 2. The van der Waals surface area contributed by atoms with Crippen LogP contribution in [0.25, 0.3) is 0 Å². The Balaban J connectivity index is 1.38. The number of nitrogens with zero attached hydrogens (tertiary/aromatic N) is 3. The molecule has 2 unspecified atom stereocenters. The topological polar surface area (TPSA) is 41.0 Å². The second kappa shape index (κ2) is 5.51. The van der Waals surface area contributed by atoms with Crippen molar-refractivity contribution in [2.45, 2.75) is 56.5 Å². The predicted octanol–water partition coefficient (Wildman–Crippen LogP) is 3.40.